The first kappa shape index (κ1) is 13.1. The van der Waals surface area contributed by atoms with Crippen molar-refractivity contribution in [2.24, 2.45) is 0 Å². The van der Waals surface area contributed by atoms with Crippen molar-refractivity contribution in [3.63, 3.8) is 0 Å². The average Bonchev–Trinajstić information content (AvgIpc) is 2.47. The molecule has 0 aliphatic carbocycles. The zero-order valence-corrected chi connectivity index (χ0v) is 11.0. The van der Waals surface area contributed by atoms with Crippen LogP contribution in [0.5, 0.6) is 23.0 Å². The van der Waals surface area contributed by atoms with Gasteiger partial charge in [0.05, 0.1) is 0 Å². The predicted octanol–water partition coefficient (Wildman–Crippen LogP) is 2.12. The third-order valence-electron chi connectivity index (χ3n) is 3.05. The van der Waals surface area contributed by atoms with Gasteiger partial charge in [-0.1, -0.05) is 6.07 Å². The van der Waals surface area contributed by atoms with E-state index in [0.717, 1.165) is 0 Å². The van der Waals surface area contributed by atoms with Gasteiger partial charge in [0.25, 0.3) is 5.91 Å². The highest BCUT2D eigenvalue weighted by molar-refractivity contribution is 6.08. The quantitative estimate of drug-likeness (QED) is 0.787. The largest absolute Gasteiger partial charge is 0.507 e. The Kier molecular flexibility index (Phi) is 3.27. The fraction of sp³-hybridized carbons (Fsp3) is 0.133. The monoisotopic (exact) mass is 287 g/mol. The van der Waals surface area contributed by atoms with Crippen molar-refractivity contribution in [1.29, 1.82) is 0 Å². The summed E-state index contributed by atoms with van der Waals surface area (Å²) >= 11 is 0. The normalized spacial score (nSPS) is 12.8. The Labute approximate surface area is 120 Å². The van der Waals surface area contributed by atoms with Crippen LogP contribution in [0.3, 0.4) is 0 Å². The van der Waals surface area contributed by atoms with Crippen molar-refractivity contribution in [2.75, 3.05) is 18.5 Å². The summed E-state index contributed by atoms with van der Waals surface area (Å²) in [5.74, 6) is -0.0254. The molecule has 6 nitrogen and oxygen atoms in total. The summed E-state index contributed by atoms with van der Waals surface area (Å²) in [4.78, 5) is 12.1. The van der Waals surface area contributed by atoms with Gasteiger partial charge >= 0.3 is 0 Å². The minimum Gasteiger partial charge on any atom is -0.507 e. The Hall–Kier alpha value is -2.89. The molecule has 0 spiro atoms. The van der Waals surface area contributed by atoms with Crippen LogP contribution in [0.2, 0.25) is 0 Å². The van der Waals surface area contributed by atoms with E-state index in [1.54, 1.807) is 18.2 Å². The van der Waals surface area contributed by atoms with Gasteiger partial charge in [0.1, 0.15) is 30.3 Å². The molecule has 0 atom stereocenters. The van der Waals surface area contributed by atoms with Crippen molar-refractivity contribution in [3.05, 3.63) is 42.0 Å². The topological polar surface area (TPSA) is 88.0 Å². The van der Waals surface area contributed by atoms with E-state index in [2.05, 4.69) is 5.32 Å². The van der Waals surface area contributed by atoms with Gasteiger partial charge in [0.2, 0.25) is 0 Å². The molecular formula is C15H13NO5. The number of phenolic OH excluding ortho intramolecular Hbond substituents is 2. The van der Waals surface area contributed by atoms with E-state index in [1.165, 1.54) is 18.2 Å². The molecule has 1 heterocycles. The van der Waals surface area contributed by atoms with Crippen LogP contribution < -0.4 is 14.8 Å². The van der Waals surface area contributed by atoms with Crippen molar-refractivity contribution >= 4 is 11.6 Å². The minimum absolute atomic E-state index is 0.174. The van der Waals surface area contributed by atoms with Crippen LogP contribution in [0.15, 0.2) is 36.4 Å². The summed E-state index contributed by atoms with van der Waals surface area (Å²) in [5, 5.41) is 21.9. The Balaban J connectivity index is 1.85. The fourth-order valence-corrected chi connectivity index (χ4v) is 2.08. The number of rotatable bonds is 2. The number of aromatic hydroxyl groups is 2. The highest BCUT2D eigenvalue weighted by Gasteiger charge is 2.17. The number of hydrogen-bond donors (Lipinski definition) is 3. The van der Waals surface area contributed by atoms with E-state index in [4.69, 9.17) is 9.47 Å². The molecule has 0 aromatic heterocycles. The van der Waals surface area contributed by atoms with Gasteiger partial charge in [-0.3, -0.25) is 4.79 Å². The van der Waals surface area contributed by atoms with Gasteiger partial charge in [-0.15, -0.1) is 0 Å². The zero-order valence-electron chi connectivity index (χ0n) is 11.0. The summed E-state index contributed by atoms with van der Waals surface area (Å²) < 4.78 is 10.8. The number of amides is 1. The summed E-state index contributed by atoms with van der Waals surface area (Å²) in [6.07, 6.45) is 0. The first-order valence-electron chi connectivity index (χ1n) is 6.37. The molecule has 2 aromatic carbocycles. The van der Waals surface area contributed by atoms with Crippen molar-refractivity contribution < 1.29 is 24.5 Å². The molecule has 0 radical (unpaired) electrons. The van der Waals surface area contributed by atoms with Crippen LogP contribution in [0.1, 0.15) is 10.4 Å². The fourth-order valence-electron chi connectivity index (χ4n) is 2.08. The lowest BCUT2D eigenvalue weighted by Crippen LogP contribution is -2.16. The van der Waals surface area contributed by atoms with Crippen molar-refractivity contribution in [1.82, 2.24) is 0 Å². The van der Waals surface area contributed by atoms with E-state index < -0.39 is 5.91 Å². The number of ether oxygens (including phenoxy) is 2. The lowest BCUT2D eigenvalue weighted by molar-refractivity contribution is 0.102. The van der Waals surface area contributed by atoms with Gasteiger partial charge < -0.3 is 25.0 Å². The average molecular weight is 287 g/mol. The van der Waals surface area contributed by atoms with E-state index in [-0.39, 0.29) is 17.1 Å². The molecule has 21 heavy (non-hydrogen) atoms. The van der Waals surface area contributed by atoms with Gasteiger partial charge in [-0.05, 0) is 24.3 Å². The van der Waals surface area contributed by atoms with E-state index >= 15 is 0 Å². The molecule has 108 valence electrons. The molecule has 0 saturated carbocycles. The molecule has 3 rings (SSSR count). The maximum absolute atomic E-state index is 12.1. The summed E-state index contributed by atoms with van der Waals surface area (Å²) in [6, 6.07) is 9.09. The Bertz CT molecular complexity index is 678. The molecule has 1 aliphatic rings. The predicted molar refractivity (Wildman–Crippen MR) is 75.2 cm³/mol. The molecule has 0 bridgehead atoms. The minimum atomic E-state index is -0.609. The second kappa shape index (κ2) is 5.24. The maximum atomic E-state index is 12.1. The Morgan fingerprint density at radius 2 is 1.67 bits per heavy atom. The second-order valence-corrected chi connectivity index (χ2v) is 4.48. The SMILES string of the molecule is O=C(Nc1ccc2c(c1)OCCO2)c1c(O)cccc1O. The molecule has 2 aromatic rings. The number of phenols is 2. The number of carbonyl (C=O) groups is 1. The third-order valence-corrected chi connectivity index (χ3v) is 3.05. The number of fused-ring (bicyclic) bond motifs is 1. The van der Waals surface area contributed by atoms with Crippen LogP contribution in [0.25, 0.3) is 0 Å². The summed E-state index contributed by atoms with van der Waals surface area (Å²) in [5.41, 5.74) is 0.305. The highest BCUT2D eigenvalue weighted by Crippen LogP contribution is 2.33. The number of anilines is 1. The molecule has 1 amide bonds. The van der Waals surface area contributed by atoms with Crippen LogP contribution >= 0.6 is 0 Å². The zero-order chi connectivity index (χ0) is 14.8. The molecular weight excluding hydrogens is 274 g/mol. The maximum Gasteiger partial charge on any atom is 0.263 e. The van der Waals surface area contributed by atoms with Crippen molar-refractivity contribution in [3.8, 4) is 23.0 Å². The highest BCUT2D eigenvalue weighted by atomic mass is 16.6. The number of benzene rings is 2. The van der Waals surface area contributed by atoms with Crippen LogP contribution in [-0.2, 0) is 0 Å². The Morgan fingerprint density at radius 3 is 2.38 bits per heavy atom. The summed E-state index contributed by atoms with van der Waals surface area (Å²) in [7, 11) is 0. The first-order valence-corrected chi connectivity index (χ1v) is 6.37. The molecule has 6 heteroatoms. The standard InChI is InChI=1S/C15H13NO5/c17-10-2-1-3-11(18)14(10)15(19)16-9-4-5-12-13(8-9)21-7-6-20-12/h1-5,8,17-18H,6-7H2,(H,16,19). The van der Waals surface area contributed by atoms with Gasteiger partial charge in [-0.2, -0.15) is 0 Å². The van der Waals surface area contributed by atoms with Crippen LogP contribution in [0, 0.1) is 0 Å². The number of nitrogens with one attached hydrogen (secondary N) is 1. The number of carbonyl (C=O) groups excluding carboxylic acids is 1. The Morgan fingerprint density at radius 1 is 1.00 bits per heavy atom. The third kappa shape index (κ3) is 2.55. The molecule has 0 unspecified atom stereocenters. The van der Waals surface area contributed by atoms with Gasteiger partial charge in [0, 0.05) is 11.8 Å². The van der Waals surface area contributed by atoms with Crippen LogP contribution in [0.4, 0.5) is 5.69 Å². The molecule has 0 saturated heterocycles. The number of hydrogen-bond acceptors (Lipinski definition) is 5. The van der Waals surface area contributed by atoms with Crippen LogP contribution in [-0.4, -0.2) is 29.3 Å². The molecule has 0 fully saturated rings. The van der Waals surface area contributed by atoms with E-state index in [1.807, 2.05) is 0 Å². The second-order valence-electron chi connectivity index (χ2n) is 4.48. The van der Waals surface area contributed by atoms with E-state index in [0.29, 0.717) is 30.4 Å². The molecule has 3 N–H and O–H groups in total. The molecule has 1 aliphatic heterocycles. The first-order chi connectivity index (χ1) is 10.1. The van der Waals surface area contributed by atoms with E-state index in [9.17, 15) is 15.0 Å². The van der Waals surface area contributed by atoms with Gasteiger partial charge in [0.15, 0.2) is 11.5 Å². The lowest BCUT2D eigenvalue weighted by Gasteiger charge is -2.19. The smallest absolute Gasteiger partial charge is 0.263 e. The summed E-state index contributed by atoms with van der Waals surface area (Å²) in [6.45, 7) is 0.940. The van der Waals surface area contributed by atoms with Gasteiger partial charge in [-0.25, -0.2) is 0 Å². The van der Waals surface area contributed by atoms with Crippen molar-refractivity contribution in [2.45, 2.75) is 0 Å². The lowest BCUT2D eigenvalue weighted by atomic mass is 10.1.